The summed E-state index contributed by atoms with van der Waals surface area (Å²) in [6.07, 6.45) is 1.83. The van der Waals surface area contributed by atoms with E-state index in [1.165, 1.54) is 0 Å². The van der Waals surface area contributed by atoms with Crippen LogP contribution in [0.25, 0.3) is 0 Å². The Morgan fingerprint density at radius 3 is 2.84 bits per heavy atom. The summed E-state index contributed by atoms with van der Waals surface area (Å²) in [6, 6.07) is 7.88. The van der Waals surface area contributed by atoms with Crippen molar-refractivity contribution >= 4 is 23.5 Å². The van der Waals surface area contributed by atoms with E-state index in [0.717, 1.165) is 17.9 Å². The molecule has 5 heteroatoms. The van der Waals surface area contributed by atoms with Crippen LogP contribution in [0.15, 0.2) is 24.3 Å². The highest BCUT2D eigenvalue weighted by Crippen LogP contribution is 2.15. The van der Waals surface area contributed by atoms with Crippen LogP contribution < -0.4 is 20.6 Å². The summed E-state index contributed by atoms with van der Waals surface area (Å²) in [5.41, 5.74) is 3.86. The van der Waals surface area contributed by atoms with E-state index in [9.17, 15) is 0 Å². The average molecular weight is 280 g/mol. The van der Waals surface area contributed by atoms with Crippen molar-refractivity contribution in [3.05, 3.63) is 29.8 Å². The molecule has 0 saturated carbocycles. The number of para-hydroxylation sites is 1. The first-order valence-corrected chi connectivity index (χ1v) is 6.88. The van der Waals surface area contributed by atoms with E-state index in [1.54, 1.807) is 0 Å². The predicted molar refractivity (Wildman–Crippen MR) is 82.3 cm³/mol. The van der Waals surface area contributed by atoms with Crippen LogP contribution in [0.1, 0.15) is 26.3 Å². The minimum atomic E-state index is 0.500. The Morgan fingerprint density at radius 2 is 2.16 bits per heavy atom. The number of nitrogens with one attached hydrogen (secondary N) is 3. The molecule has 104 valence electrons. The first-order valence-electron chi connectivity index (χ1n) is 6.48. The second kappa shape index (κ2) is 8.48. The Balaban J connectivity index is 2.61. The Morgan fingerprint density at radius 1 is 1.42 bits per heavy atom. The van der Waals surface area contributed by atoms with Crippen molar-refractivity contribution in [3.8, 4) is 5.75 Å². The highest BCUT2D eigenvalue weighted by atomic mass is 32.1. The molecule has 0 radical (unpaired) electrons. The Labute approximate surface area is 120 Å². The minimum absolute atomic E-state index is 0.500. The molecule has 0 aliphatic heterocycles. The molecule has 19 heavy (non-hydrogen) atoms. The Bertz CT molecular complexity index is 432. The van der Waals surface area contributed by atoms with Gasteiger partial charge in [0.05, 0.1) is 12.2 Å². The predicted octanol–water partition coefficient (Wildman–Crippen LogP) is 0.620. The zero-order chi connectivity index (χ0) is 14.1. The van der Waals surface area contributed by atoms with E-state index >= 15 is 0 Å². The molecular formula is C14H22N3OS+. The molecule has 0 unspecified atom stereocenters. The van der Waals surface area contributed by atoms with Crippen molar-refractivity contribution in [2.24, 2.45) is 5.92 Å². The van der Waals surface area contributed by atoms with Gasteiger partial charge in [0, 0.05) is 6.54 Å². The van der Waals surface area contributed by atoms with Crippen molar-refractivity contribution in [3.63, 3.8) is 0 Å². The monoisotopic (exact) mass is 280 g/mol. The quantitative estimate of drug-likeness (QED) is 0.406. The van der Waals surface area contributed by atoms with Crippen LogP contribution in [0.2, 0.25) is 0 Å². The summed E-state index contributed by atoms with van der Waals surface area (Å²) in [6.45, 7) is 7.74. The van der Waals surface area contributed by atoms with Crippen LogP contribution in [0, 0.1) is 5.92 Å². The van der Waals surface area contributed by atoms with Gasteiger partial charge in [-0.1, -0.05) is 26.0 Å². The number of hydrazine groups is 1. The van der Waals surface area contributed by atoms with Gasteiger partial charge in [0.25, 0.3) is 0 Å². The Kier molecular flexibility index (Phi) is 6.89. The minimum Gasteiger partial charge on any atom is -0.492 e. The fraction of sp³-hybridized carbons (Fsp3) is 0.429. The summed E-state index contributed by atoms with van der Waals surface area (Å²) >= 11 is 5.05. The first-order chi connectivity index (χ1) is 9.13. The highest BCUT2D eigenvalue weighted by molar-refractivity contribution is 7.80. The largest absolute Gasteiger partial charge is 0.492 e. The number of benzene rings is 1. The van der Waals surface area contributed by atoms with Gasteiger partial charge in [-0.2, -0.15) is 0 Å². The maximum atomic E-state index is 5.76. The number of hydrazone groups is 1. The van der Waals surface area contributed by atoms with Crippen molar-refractivity contribution < 1.29 is 9.84 Å². The molecular weight excluding hydrogens is 258 g/mol. The summed E-state index contributed by atoms with van der Waals surface area (Å²) in [5.74, 6) is 1.36. The van der Waals surface area contributed by atoms with E-state index in [-0.39, 0.29) is 0 Å². The molecule has 3 N–H and O–H groups in total. The SMILES string of the molecule is CCNC(=S)N[NH+]=Cc1ccccc1OCC(C)C. The topological polar surface area (TPSA) is 47.3 Å². The van der Waals surface area contributed by atoms with E-state index in [4.69, 9.17) is 17.0 Å². The summed E-state index contributed by atoms with van der Waals surface area (Å²) in [7, 11) is 0. The second-order valence-corrected chi connectivity index (χ2v) is 4.92. The standard InChI is InChI=1S/C14H21N3OS/c1-4-15-14(19)17-16-9-12-7-5-6-8-13(12)18-10-11(2)3/h5-9,11H,4,10H2,1-3H3,(H2,15,17,19)/p+1. The van der Waals surface area contributed by atoms with Crippen LogP contribution in [0.3, 0.4) is 0 Å². The summed E-state index contributed by atoms with van der Waals surface area (Å²) in [5, 5.41) is 6.52. The molecule has 1 aromatic carbocycles. The molecule has 4 nitrogen and oxygen atoms in total. The van der Waals surface area contributed by atoms with Crippen molar-refractivity contribution in [2.75, 3.05) is 13.2 Å². The van der Waals surface area contributed by atoms with E-state index in [1.807, 2.05) is 37.4 Å². The van der Waals surface area contributed by atoms with Crippen LogP contribution in [-0.4, -0.2) is 24.5 Å². The molecule has 1 rings (SSSR count). The fourth-order valence-electron chi connectivity index (χ4n) is 1.37. The van der Waals surface area contributed by atoms with Crippen LogP contribution in [0.4, 0.5) is 0 Å². The van der Waals surface area contributed by atoms with Gasteiger partial charge in [-0.15, -0.1) is 10.5 Å². The van der Waals surface area contributed by atoms with Crippen LogP contribution in [-0.2, 0) is 0 Å². The maximum absolute atomic E-state index is 5.76. The summed E-state index contributed by atoms with van der Waals surface area (Å²) in [4.78, 5) is 0. The number of hydrogen-bond acceptors (Lipinski definition) is 2. The fourth-order valence-corrected chi connectivity index (χ4v) is 1.58. The third kappa shape index (κ3) is 6.20. The molecule has 0 amide bonds. The lowest BCUT2D eigenvalue weighted by Crippen LogP contribution is -2.82. The number of thiocarbonyl (C=S) groups is 1. The van der Waals surface area contributed by atoms with Gasteiger partial charge in [-0.3, -0.25) is 0 Å². The highest BCUT2D eigenvalue weighted by Gasteiger charge is 2.04. The molecule has 0 aliphatic carbocycles. The molecule has 1 aromatic rings. The third-order valence-corrected chi connectivity index (χ3v) is 2.49. The van der Waals surface area contributed by atoms with Gasteiger partial charge in [0.2, 0.25) is 11.3 Å². The molecule has 0 spiro atoms. The maximum Gasteiger partial charge on any atom is 0.223 e. The molecule has 0 saturated heterocycles. The lowest BCUT2D eigenvalue weighted by molar-refractivity contribution is -0.500. The normalized spacial score (nSPS) is 10.7. The molecule has 0 heterocycles. The number of hydrogen-bond donors (Lipinski definition) is 3. The molecule has 0 fully saturated rings. The Hall–Kier alpha value is -1.62. The zero-order valence-electron chi connectivity index (χ0n) is 11.7. The smallest absolute Gasteiger partial charge is 0.223 e. The van der Waals surface area contributed by atoms with Gasteiger partial charge in [-0.25, -0.2) is 0 Å². The van der Waals surface area contributed by atoms with Gasteiger partial charge >= 0.3 is 0 Å². The average Bonchev–Trinajstić information content (AvgIpc) is 2.38. The van der Waals surface area contributed by atoms with Crippen LogP contribution in [0.5, 0.6) is 5.75 Å². The van der Waals surface area contributed by atoms with E-state index in [0.29, 0.717) is 17.6 Å². The van der Waals surface area contributed by atoms with E-state index < -0.39 is 0 Å². The molecule has 0 aliphatic rings. The van der Waals surface area contributed by atoms with Gasteiger partial charge in [0.15, 0.2) is 0 Å². The zero-order valence-corrected chi connectivity index (χ0v) is 12.5. The number of ether oxygens (including phenoxy) is 1. The molecule has 0 bridgehead atoms. The lowest BCUT2D eigenvalue weighted by Gasteiger charge is -2.09. The van der Waals surface area contributed by atoms with Crippen molar-refractivity contribution in [2.45, 2.75) is 20.8 Å². The van der Waals surface area contributed by atoms with Crippen molar-refractivity contribution in [1.29, 1.82) is 0 Å². The van der Waals surface area contributed by atoms with Crippen LogP contribution >= 0.6 is 12.2 Å². The third-order valence-electron chi connectivity index (χ3n) is 2.24. The van der Waals surface area contributed by atoms with E-state index in [2.05, 4.69) is 29.7 Å². The molecule has 0 aromatic heterocycles. The lowest BCUT2D eigenvalue weighted by atomic mass is 10.2. The first kappa shape index (κ1) is 15.4. The van der Waals surface area contributed by atoms with Crippen molar-refractivity contribution in [1.82, 2.24) is 10.7 Å². The van der Waals surface area contributed by atoms with Gasteiger partial charge in [0.1, 0.15) is 5.75 Å². The summed E-state index contributed by atoms with van der Waals surface area (Å²) < 4.78 is 5.76. The number of rotatable bonds is 6. The second-order valence-electron chi connectivity index (χ2n) is 4.52. The van der Waals surface area contributed by atoms with Gasteiger partial charge < -0.3 is 10.1 Å². The molecule has 0 atom stereocenters. The van der Waals surface area contributed by atoms with Gasteiger partial charge in [-0.05, 0) is 37.2 Å².